The Balaban J connectivity index is 0.000000449. The van der Waals surface area contributed by atoms with Gasteiger partial charge < -0.3 is 5.11 Å². The van der Waals surface area contributed by atoms with E-state index < -0.39 is 0 Å². The molecule has 1 aromatic heterocycles. The normalized spacial score (nSPS) is 17.3. The molecule has 0 spiro atoms. The molecule has 1 radical (unpaired) electrons. The average molecular weight is 635 g/mol. The first-order valence-corrected chi connectivity index (χ1v) is 11.5. The van der Waals surface area contributed by atoms with Gasteiger partial charge in [-0.05, 0) is 47.2 Å². The monoisotopic (exact) mass is 635 g/mol. The van der Waals surface area contributed by atoms with E-state index in [4.69, 9.17) is 10.1 Å². The molecule has 0 fully saturated rings. The first-order chi connectivity index (χ1) is 15.2. The van der Waals surface area contributed by atoms with Crippen LogP contribution in [0.3, 0.4) is 0 Å². The van der Waals surface area contributed by atoms with Crippen molar-refractivity contribution in [3.05, 3.63) is 77.1 Å². The maximum atomic E-state index is 10.0. The molecule has 0 aliphatic heterocycles. The zero-order valence-corrected chi connectivity index (χ0v) is 24.1. The summed E-state index contributed by atoms with van der Waals surface area (Å²) in [4.78, 5) is 14.9. The van der Waals surface area contributed by atoms with Crippen LogP contribution in [-0.2, 0) is 35.7 Å². The number of carbonyl (C=O) groups is 1. The topological polar surface area (TPSA) is 50.2 Å². The van der Waals surface area contributed by atoms with Crippen LogP contribution in [-0.4, -0.2) is 15.9 Å². The van der Waals surface area contributed by atoms with Gasteiger partial charge in [0.2, 0.25) is 0 Å². The Labute approximate surface area is 218 Å². The Bertz CT molecular complexity index is 1250. The standard InChI is InChI=1S/C25H28N.C5H8O2.Ir/c1-16-14-18(21-13-12-17-10-8-9-11-20(17)26-21)15-19-22(16)24(4,5)25(6,7)23(19,2)3;1-4(6)3-5(2)7;/h8-13,15H,1-7H3;3,6H,1-2H3;/q-1;;. The van der Waals surface area contributed by atoms with E-state index in [1.165, 1.54) is 42.0 Å². The van der Waals surface area contributed by atoms with Crippen molar-refractivity contribution in [2.75, 3.05) is 0 Å². The number of hydrogen-bond donors (Lipinski definition) is 1. The Hall–Kier alpha value is -2.29. The SMILES string of the molecule is CC(=O)C=C(C)O.Cc1[c-]c(-c2ccc3ccccc3n2)cc2c1C(C)(C)C(C)(C)C2(C)C.[Ir]. The number of aliphatic hydroxyl groups excluding tert-OH is 1. The first kappa shape index (κ1) is 28.0. The summed E-state index contributed by atoms with van der Waals surface area (Å²) in [5.41, 5.74) is 7.70. The fourth-order valence-electron chi connectivity index (χ4n) is 5.10. The molecule has 183 valence electrons. The number of fused-ring (bicyclic) bond motifs is 2. The van der Waals surface area contributed by atoms with Gasteiger partial charge in [-0.1, -0.05) is 78.8 Å². The van der Waals surface area contributed by atoms with Crippen molar-refractivity contribution >= 4 is 16.7 Å². The third-order valence-corrected chi connectivity index (χ3v) is 7.97. The number of ketones is 1. The summed E-state index contributed by atoms with van der Waals surface area (Å²) >= 11 is 0. The van der Waals surface area contributed by atoms with Crippen LogP contribution in [0.25, 0.3) is 22.2 Å². The summed E-state index contributed by atoms with van der Waals surface area (Å²) in [5.74, 6) is -0.0625. The van der Waals surface area contributed by atoms with Crippen molar-refractivity contribution in [2.45, 2.75) is 73.1 Å². The quantitative estimate of drug-likeness (QED) is 0.179. The fraction of sp³-hybridized carbons (Fsp3) is 0.400. The molecule has 0 atom stereocenters. The largest absolute Gasteiger partial charge is 0.512 e. The van der Waals surface area contributed by atoms with Gasteiger partial charge in [0.25, 0.3) is 0 Å². The van der Waals surface area contributed by atoms with Gasteiger partial charge in [0, 0.05) is 26.2 Å². The summed E-state index contributed by atoms with van der Waals surface area (Å²) in [7, 11) is 0. The molecule has 0 unspecified atom stereocenters. The third kappa shape index (κ3) is 4.76. The minimum absolute atomic E-state index is 0. The van der Waals surface area contributed by atoms with Crippen molar-refractivity contribution in [1.82, 2.24) is 4.98 Å². The number of pyridine rings is 1. The number of aliphatic hydroxyl groups is 1. The molecule has 1 aliphatic carbocycles. The third-order valence-electron chi connectivity index (χ3n) is 7.97. The van der Waals surface area contributed by atoms with Gasteiger partial charge in [0.1, 0.15) is 0 Å². The van der Waals surface area contributed by atoms with Gasteiger partial charge in [-0.2, -0.15) is 0 Å². The van der Waals surface area contributed by atoms with Crippen molar-refractivity contribution in [1.29, 1.82) is 0 Å². The zero-order valence-electron chi connectivity index (χ0n) is 21.8. The number of rotatable bonds is 2. The number of aromatic nitrogens is 1. The number of para-hydroxylation sites is 1. The second-order valence-electron chi connectivity index (χ2n) is 10.8. The summed E-state index contributed by atoms with van der Waals surface area (Å²) in [6, 6.07) is 18.6. The van der Waals surface area contributed by atoms with E-state index in [0.29, 0.717) is 0 Å². The summed E-state index contributed by atoms with van der Waals surface area (Å²) in [6.45, 7) is 19.4. The number of benzene rings is 2. The van der Waals surface area contributed by atoms with E-state index in [2.05, 4.69) is 90.9 Å². The predicted molar refractivity (Wildman–Crippen MR) is 138 cm³/mol. The number of aryl methyl sites for hydroxylation is 1. The van der Waals surface area contributed by atoms with Gasteiger partial charge in [-0.15, -0.1) is 34.4 Å². The zero-order chi connectivity index (χ0) is 24.8. The molecule has 0 saturated carbocycles. The van der Waals surface area contributed by atoms with Crippen molar-refractivity contribution in [3.63, 3.8) is 0 Å². The van der Waals surface area contributed by atoms with Crippen molar-refractivity contribution in [2.24, 2.45) is 5.41 Å². The van der Waals surface area contributed by atoms with Crippen LogP contribution in [0.1, 0.15) is 72.1 Å². The van der Waals surface area contributed by atoms with E-state index in [-0.39, 0.29) is 47.9 Å². The van der Waals surface area contributed by atoms with E-state index in [0.717, 1.165) is 16.8 Å². The molecule has 3 aromatic rings. The molecule has 1 aliphatic rings. The van der Waals surface area contributed by atoms with Crippen LogP contribution in [0, 0.1) is 18.4 Å². The smallest absolute Gasteiger partial charge is 0.155 e. The Kier molecular flexibility index (Phi) is 8.02. The molecule has 0 saturated heterocycles. The van der Waals surface area contributed by atoms with Crippen molar-refractivity contribution < 1.29 is 30.0 Å². The maximum Gasteiger partial charge on any atom is 0.155 e. The van der Waals surface area contributed by atoms with Gasteiger partial charge in [0.15, 0.2) is 5.78 Å². The maximum absolute atomic E-state index is 10.0. The molecular weight excluding hydrogens is 599 g/mol. The summed E-state index contributed by atoms with van der Waals surface area (Å²) in [5, 5.41) is 9.54. The Morgan fingerprint density at radius 2 is 1.59 bits per heavy atom. The number of allylic oxidation sites excluding steroid dienone is 2. The Morgan fingerprint density at radius 3 is 2.15 bits per heavy atom. The van der Waals surface area contributed by atoms with Crippen molar-refractivity contribution in [3.8, 4) is 11.3 Å². The average Bonchev–Trinajstić information content (AvgIpc) is 2.81. The van der Waals surface area contributed by atoms with Crippen LogP contribution in [0.5, 0.6) is 0 Å². The van der Waals surface area contributed by atoms with Crippen LogP contribution in [0.4, 0.5) is 0 Å². The van der Waals surface area contributed by atoms with Crippen LogP contribution >= 0.6 is 0 Å². The molecule has 0 bridgehead atoms. The molecule has 34 heavy (non-hydrogen) atoms. The molecule has 4 rings (SSSR count). The van der Waals surface area contributed by atoms with Crippen LogP contribution < -0.4 is 0 Å². The molecule has 3 nitrogen and oxygen atoms in total. The second-order valence-corrected chi connectivity index (χ2v) is 10.8. The summed E-state index contributed by atoms with van der Waals surface area (Å²) < 4.78 is 0. The number of nitrogens with zero attached hydrogens (tertiary/aromatic N) is 1. The molecule has 4 heteroatoms. The van der Waals surface area contributed by atoms with Gasteiger partial charge >= 0.3 is 0 Å². The summed E-state index contributed by atoms with van der Waals surface area (Å²) in [6.07, 6.45) is 1.17. The molecule has 2 aromatic carbocycles. The fourth-order valence-corrected chi connectivity index (χ4v) is 5.10. The molecule has 1 heterocycles. The molecule has 0 amide bonds. The van der Waals surface area contributed by atoms with Gasteiger partial charge in [-0.3, -0.25) is 9.78 Å². The van der Waals surface area contributed by atoms with E-state index in [1.807, 2.05) is 6.07 Å². The second kappa shape index (κ2) is 9.76. The predicted octanol–water partition coefficient (Wildman–Crippen LogP) is 7.64. The van der Waals surface area contributed by atoms with Crippen LogP contribution in [0.15, 0.2) is 54.3 Å². The molecule has 1 N–H and O–H groups in total. The number of carbonyl (C=O) groups excluding carboxylic acids is 1. The Morgan fingerprint density at radius 1 is 0.971 bits per heavy atom. The molecular formula is C30H36IrNO2-. The first-order valence-electron chi connectivity index (χ1n) is 11.5. The van der Waals surface area contributed by atoms with E-state index >= 15 is 0 Å². The van der Waals surface area contributed by atoms with Gasteiger partial charge in [-0.25, -0.2) is 0 Å². The van der Waals surface area contributed by atoms with E-state index in [1.54, 1.807) is 0 Å². The minimum Gasteiger partial charge on any atom is -0.512 e. The van der Waals surface area contributed by atoms with E-state index in [9.17, 15) is 4.79 Å². The minimum atomic E-state index is -0.125. The van der Waals surface area contributed by atoms with Crippen LogP contribution in [0.2, 0.25) is 0 Å². The number of hydrogen-bond acceptors (Lipinski definition) is 3. The van der Waals surface area contributed by atoms with Gasteiger partial charge in [0.05, 0.1) is 11.3 Å².